The molecule has 0 aliphatic carbocycles. The minimum absolute atomic E-state index is 0.0145. The molecule has 1 aliphatic heterocycles. The lowest BCUT2D eigenvalue weighted by atomic mass is 10.0. The topological polar surface area (TPSA) is 62.6 Å². The molecule has 1 aliphatic rings. The van der Waals surface area contributed by atoms with E-state index in [2.05, 4.69) is 35.3 Å². The highest BCUT2D eigenvalue weighted by Crippen LogP contribution is 2.37. The van der Waals surface area contributed by atoms with Gasteiger partial charge in [0, 0.05) is 29.1 Å². The third kappa shape index (κ3) is 4.89. The fourth-order valence-corrected chi connectivity index (χ4v) is 4.67. The second-order valence-corrected chi connectivity index (χ2v) is 9.13. The van der Waals surface area contributed by atoms with Crippen molar-refractivity contribution in [3.05, 3.63) is 132 Å². The van der Waals surface area contributed by atoms with Gasteiger partial charge in [0.1, 0.15) is 18.5 Å². The molecule has 6 rings (SSSR count). The van der Waals surface area contributed by atoms with E-state index in [9.17, 15) is 4.79 Å². The molecule has 0 radical (unpaired) electrons. The number of hydrogen-bond acceptors (Lipinski definition) is 5. The summed E-state index contributed by atoms with van der Waals surface area (Å²) in [4.78, 5) is 16.8. The highest BCUT2D eigenvalue weighted by atomic mass is 16.8. The summed E-state index contributed by atoms with van der Waals surface area (Å²) >= 11 is 0. The Bertz CT molecular complexity index is 1500. The zero-order chi connectivity index (χ0) is 25.1. The molecule has 2 atom stereocenters. The number of carbonyl (C=O) groups excluding carboxylic acids is 1. The average molecular weight is 491 g/mol. The molecule has 37 heavy (non-hydrogen) atoms. The summed E-state index contributed by atoms with van der Waals surface area (Å²) in [6, 6.07) is 31.0. The van der Waals surface area contributed by atoms with Gasteiger partial charge in [-0.1, -0.05) is 66.7 Å². The quantitative estimate of drug-likeness (QED) is 0.265. The SMILES string of the molecule is O=C(c1ccccc1)c1ccc(OC[C@@H]2CO[C@@](Cn3ccnc3)(c3ccc4ccccc4c3)O2)cc1. The minimum atomic E-state index is -0.954. The molecule has 0 saturated carbocycles. The van der Waals surface area contributed by atoms with E-state index in [1.165, 1.54) is 0 Å². The monoisotopic (exact) mass is 490 g/mol. The van der Waals surface area contributed by atoms with Crippen LogP contribution in [0.2, 0.25) is 0 Å². The van der Waals surface area contributed by atoms with Gasteiger partial charge in [-0.3, -0.25) is 4.79 Å². The maximum atomic E-state index is 12.7. The van der Waals surface area contributed by atoms with Gasteiger partial charge in [0.2, 0.25) is 5.79 Å². The van der Waals surface area contributed by atoms with Crippen molar-refractivity contribution in [2.24, 2.45) is 0 Å². The molecule has 0 spiro atoms. The Morgan fingerprint density at radius 1 is 0.919 bits per heavy atom. The molecule has 1 fully saturated rings. The summed E-state index contributed by atoms with van der Waals surface area (Å²) in [5.41, 5.74) is 2.23. The normalized spacial score (nSPS) is 19.2. The van der Waals surface area contributed by atoms with Gasteiger partial charge in [0.25, 0.3) is 0 Å². The first kappa shape index (κ1) is 23.2. The Balaban J connectivity index is 1.16. The van der Waals surface area contributed by atoms with Crippen LogP contribution >= 0.6 is 0 Å². The first-order valence-corrected chi connectivity index (χ1v) is 12.3. The molecule has 0 N–H and O–H groups in total. The van der Waals surface area contributed by atoms with Crippen LogP contribution in [-0.2, 0) is 21.8 Å². The molecule has 1 aromatic heterocycles. The Kier molecular flexibility index (Phi) is 6.26. The summed E-state index contributed by atoms with van der Waals surface area (Å²) < 4.78 is 20.9. The van der Waals surface area contributed by atoms with Crippen LogP contribution in [0.5, 0.6) is 5.75 Å². The van der Waals surface area contributed by atoms with Crippen LogP contribution < -0.4 is 4.74 Å². The van der Waals surface area contributed by atoms with Gasteiger partial charge in [0.15, 0.2) is 5.78 Å². The first-order valence-electron chi connectivity index (χ1n) is 12.3. The predicted octanol–water partition coefficient (Wildman–Crippen LogP) is 5.61. The van der Waals surface area contributed by atoms with E-state index in [4.69, 9.17) is 14.2 Å². The first-order chi connectivity index (χ1) is 18.2. The van der Waals surface area contributed by atoms with Crippen LogP contribution in [0.4, 0.5) is 0 Å². The predicted molar refractivity (Wildman–Crippen MR) is 140 cm³/mol. The number of rotatable bonds is 8. The zero-order valence-corrected chi connectivity index (χ0v) is 20.2. The number of ketones is 1. The van der Waals surface area contributed by atoms with Crippen molar-refractivity contribution >= 4 is 16.6 Å². The lowest BCUT2D eigenvalue weighted by Crippen LogP contribution is -2.34. The van der Waals surface area contributed by atoms with Crippen molar-refractivity contribution in [2.75, 3.05) is 13.2 Å². The molecule has 4 aromatic carbocycles. The van der Waals surface area contributed by atoms with Crippen molar-refractivity contribution in [1.82, 2.24) is 9.55 Å². The molecule has 6 heteroatoms. The molecule has 5 aromatic rings. The highest BCUT2D eigenvalue weighted by Gasteiger charge is 2.44. The summed E-state index contributed by atoms with van der Waals surface area (Å²) in [6.07, 6.45) is 5.14. The van der Waals surface area contributed by atoms with Crippen LogP contribution in [-0.4, -0.2) is 34.7 Å². The Morgan fingerprint density at radius 2 is 1.68 bits per heavy atom. The van der Waals surface area contributed by atoms with Crippen LogP contribution in [0.25, 0.3) is 10.8 Å². The van der Waals surface area contributed by atoms with Crippen LogP contribution in [0.15, 0.2) is 116 Å². The molecular formula is C31H26N2O4. The summed E-state index contributed by atoms with van der Waals surface area (Å²) in [7, 11) is 0. The Labute approximate surface area is 215 Å². The van der Waals surface area contributed by atoms with Gasteiger partial charge in [-0.05, 0) is 41.1 Å². The summed E-state index contributed by atoms with van der Waals surface area (Å²) in [5, 5.41) is 2.29. The summed E-state index contributed by atoms with van der Waals surface area (Å²) in [6.45, 7) is 1.19. The maximum Gasteiger partial charge on any atom is 0.214 e. The number of carbonyl (C=O) groups is 1. The van der Waals surface area contributed by atoms with Gasteiger partial charge in [-0.25, -0.2) is 4.98 Å². The van der Waals surface area contributed by atoms with Gasteiger partial charge in [-0.2, -0.15) is 0 Å². The largest absolute Gasteiger partial charge is 0.491 e. The van der Waals surface area contributed by atoms with Crippen LogP contribution in [0.3, 0.4) is 0 Å². The average Bonchev–Trinajstić information content (AvgIpc) is 3.63. The lowest BCUT2D eigenvalue weighted by Gasteiger charge is -2.29. The van der Waals surface area contributed by atoms with Crippen molar-refractivity contribution < 1.29 is 19.0 Å². The lowest BCUT2D eigenvalue weighted by molar-refractivity contribution is -0.189. The fourth-order valence-electron chi connectivity index (χ4n) is 4.67. The number of aromatic nitrogens is 2. The van der Waals surface area contributed by atoms with E-state index < -0.39 is 5.79 Å². The molecular weight excluding hydrogens is 464 g/mol. The third-order valence-corrected chi connectivity index (χ3v) is 6.59. The molecule has 184 valence electrons. The van der Waals surface area contributed by atoms with Crippen molar-refractivity contribution in [2.45, 2.75) is 18.4 Å². The standard InChI is InChI=1S/C31H26N2O4/c34-30(24-7-2-1-3-8-24)25-11-14-28(15-12-25)35-19-29-20-36-31(37-29,21-33-17-16-32-22-33)27-13-10-23-6-4-5-9-26(23)18-27/h1-18,22,29H,19-21H2/t29-,31-/m1/s1. The number of benzene rings is 4. The van der Waals surface area contributed by atoms with Crippen molar-refractivity contribution in [3.63, 3.8) is 0 Å². The van der Waals surface area contributed by atoms with E-state index in [1.807, 2.05) is 65.4 Å². The summed E-state index contributed by atoms with van der Waals surface area (Å²) in [5.74, 6) is -0.296. The number of hydrogen-bond donors (Lipinski definition) is 0. The number of imidazole rings is 1. The van der Waals surface area contributed by atoms with Gasteiger partial charge in [-0.15, -0.1) is 0 Å². The number of ether oxygens (including phenoxy) is 3. The van der Waals surface area contributed by atoms with E-state index in [0.29, 0.717) is 36.6 Å². The Hall–Kier alpha value is -4.26. The van der Waals surface area contributed by atoms with Gasteiger partial charge >= 0.3 is 0 Å². The maximum absolute atomic E-state index is 12.7. The van der Waals surface area contributed by atoms with Gasteiger partial charge in [0.05, 0.1) is 19.5 Å². The minimum Gasteiger partial charge on any atom is -0.491 e. The van der Waals surface area contributed by atoms with E-state index >= 15 is 0 Å². The zero-order valence-electron chi connectivity index (χ0n) is 20.2. The molecule has 1 saturated heterocycles. The van der Waals surface area contributed by atoms with E-state index in [-0.39, 0.29) is 11.9 Å². The number of nitrogens with zero attached hydrogens (tertiary/aromatic N) is 2. The second-order valence-electron chi connectivity index (χ2n) is 9.13. The molecule has 0 unspecified atom stereocenters. The number of fused-ring (bicyclic) bond motifs is 1. The molecule has 0 bridgehead atoms. The van der Waals surface area contributed by atoms with Gasteiger partial charge < -0.3 is 18.8 Å². The van der Waals surface area contributed by atoms with E-state index in [1.54, 1.807) is 24.7 Å². The Morgan fingerprint density at radius 3 is 2.46 bits per heavy atom. The van der Waals surface area contributed by atoms with E-state index in [0.717, 1.165) is 16.3 Å². The highest BCUT2D eigenvalue weighted by molar-refractivity contribution is 6.08. The smallest absolute Gasteiger partial charge is 0.214 e. The second kappa shape index (κ2) is 10.0. The molecule has 0 amide bonds. The third-order valence-electron chi connectivity index (χ3n) is 6.59. The molecule has 2 heterocycles. The van der Waals surface area contributed by atoms with Crippen molar-refractivity contribution in [3.8, 4) is 5.75 Å². The van der Waals surface area contributed by atoms with Crippen molar-refractivity contribution in [1.29, 1.82) is 0 Å². The van der Waals surface area contributed by atoms with Crippen LogP contribution in [0.1, 0.15) is 21.5 Å². The van der Waals surface area contributed by atoms with Crippen LogP contribution in [0, 0.1) is 0 Å². The molecule has 6 nitrogen and oxygen atoms in total. The fraction of sp³-hybridized carbons (Fsp3) is 0.161.